The summed E-state index contributed by atoms with van der Waals surface area (Å²) in [4.78, 5) is 11.7. The van der Waals surface area contributed by atoms with E-state index >= 15 is 0 Å². The van der Waals surface area contributed by atoms with Crippen LogP contribution in [0.2, 0.25) is 0 Å². The topological polar surface area (TPSA) is 50.4 Å². The monoisotopic (exact) mass is 304 g/mol. The second-order valence-electron chi connectivity index (χ2n) is 7.22. The number of carbonyl (C=O) groups is 1. The lowest BCUT2D eigenvalue weighted by Gasteiger charge is -2.20. The molecule has 0 bridgehead atoms. The molecule has 0 spiro atoms. The van der Waals surface area contributed by atoms with Gasteiger partial charge in [0.25, 0.3) is 0 Å². The molecule has 0 saturated heterocycles. The molecule has 2 unspecified atom stereocenters. The van der Waals surface area contributed by atoms with Crippen LogP contribution in [-0.4, -0.2) is 17.7 Å². The van der Waals surface area contributed by atoms with Gasteiger partial charge < -0.3 is 10.1 Å². The van der Waals surface area contributed by atoms with E-state index in [1.54, 1.807) is 0 Å². The molecule has 1 saturated carbocycles. The number of anilines is 1. The molecule has 2 rings (SSSR count). The van der Waals surface area contributed by atoms with Crippen molar-refractivity contribution in [2.24, 2.45) is 5.92 Å². The summed E-state index contributed by atoms with van der Waals surface area (Å²) in [5.41, 5.74) is 1.51. The third-order valence-electron chi connectivity index (χ3n) is 4.03. The van der Waals surface area contributed by atoms with Crippen LogP contribution in [0.15, 0.2) is 24.3 Å². The maximum Gasteiger partial charge on any atom is 0.412 e. The minimum Gasteiger partial charge on any atom is -0.444 e. The van der Waals surface area contributed by atoms with Crippen LogP contribution in [0.3, 0.4) is 0 Å². The molecule has 0 aliphatic heterocycles. The van der Waals surface area contributed by atoms with Crippen molar-refractivity contribution in [1.29, 1.82) is 0 Å². The Balaban J connectivity index is 1.81. The predicted octanol–water partition coefficient (Wildman–Crippen LogP) is 4.31. The van der Waals surface area contributed by atoms with Gasteiger partial charge in [-0.15, -0.1) is 0 Å². The molecule has 1 fully saturated rings. The molecule has 4 nitrogen and oxygen atoms in total. The number of hydrogen-bond acceptors (Lipinski definition) is 3. The van der Waals surface area contributed by atoms with Crippen LogP contribution in [0.1, 0.15) is 52.5 Å². The molecule has 0 heterocycles. The van der Waals surface area contributed by atoms with Gasteiger partial charge in [0, 0.05) is 18.3 Å². The number of nitrogens with one attached hydrogen (secondary N) is 2. The first kappa shape index (κ1) is 16.8. The predicted molar refractivity (Wildman–Crippen MR) is 89.9 cm³/mol. The van der Waals surface area contributed by atoms with Crippen LogP contribution >= 0.6 is 0 Å². The maximum atomic E-state index is 11.7. The van der Waals surface area contributed by atoms with Crippen molar-refractivity contribution in [2.45, 2.75) is 65.1 Å². The van der Waals surface area contributed by atoms with Gasteiger partial charge in [-0.1, -0.05) is 25.5 Å². The van der Waals surface area contributed by atoms with Gasteiger partial charge in [-0.25, -0.2) is 4.79 Å². The average molecular weight is 304 g/mol. The number of ether oxygens (including phenoxy) is 1. The van der Waals surface area contributed by atoms with E-state index in [1.165, 1.54) is 24.8 Å². The van der Waals surface area contributed by atoms with Gasteiger partial charge in [-0.2, -0.15) is 0 Å². The van der Waals surface area contributed by atoms with E-state index in [2.05, 4.69) is 17.6 Å². The quantitative estimate of drug-likeness (QED) is 0.871. The summed E-state index contributed by atoms with van der Waals surface area (Å²) in [6.45, 7) is 8.75. The minimum atomic E-state index is -0.480. The van der Waals surface area contributed by atoms with Crippen LogP contribution in [0.25, 0.3) is 0 Å². The van der Waals surface area contributed by atoms with Crippen molar-refractivity contribution in [3.8, 4) is 0 Å². The van der Waals surface area contributed by atoms with Crippen molar-refractivity contribution in [2.75, 3.05) is 5.32 Å². The number of carbonyl (C=O) groups excluding carboxylic acids is 1. The molecule has 122 valence electrons. The van der Waals surface area contributed by atoms with E-state index in [0.29, 0.717) is 6.04 Å². The zero-order valence-corrected chi connectivity index (χ0v) is 14.1. The molecule has 1 aromatic carbocycles. The molecule has 2 atom stereocenters. The fourth-order valence-corrected chi connectivity index (χ4v) is 2.83. The van der Waals surface area contributed by atoms with Crippen molar-refractivity contribution < 1.29 is 9.53 Å². The highest BCUT2D eigenvalue weighted by Crippen LogP contribution is 2.25. The van der Waals surface area contributed by atoms with Crippen LogP contribution < -0.4 is 10.6 Å². The standard InChI is InChI=1S/C18H28N2O2/c1-13-6-5-7-16(13)19-12-14-8-10-15(11-9-14)20-17(21)22-18(2,3)4/h8-11,13,16,19H,5-7,12H2,1-4H3,(H,20,21). The minimum absolute atomic E-state index is 0.418. The van der Waals surface area contributed by atoms with Crippen molar-refractivity contribution >= 4 is 11.8 Å². The number of rotatable bonds is 4. The SMILES string of the molecule is CC1CCCC1NCc1ccc(NC(=O)OC(C)(C)C)cc1. The zero-order valence-electron chi connectivity index (χ0n) is 14.1. The smallest absolute Gasteiger partial charge is 0.412 e. The van der Waals surface area contributed by atoms with Crippen molar-refractivity contribution in [3.63, 3.8) is 0 Å². The summed E-state index contributed by atoms with van der Waals surface area (Å²) in [6.07, 6.45) is 3.52. The van der Waals surface area contributed by atoms with Crippen molar-refractivity contribution in [3.05, 3.63) is 29.8 Å². The second kappa shape index (κ2) is 7.14. The zero-order chi connectivity index (χ0) is 16.2. The average Bonchev–Trinajstić information content (AvgIpc) is 2.81. The highest BCUT2D eigenvalue weighted by atomic mass is 16.6. The maximum absolute atomic E-state index is 11.7. The third kappa shape index (κ3) is 5.34. The fraction of sp³-hybridized carbons (Fsp3) is 0.611. The highest BCUT2D eigenvalue weighted by molar-refractivity contribution is 5.84. The summed E-state index contributed by atoms with van der Waals surface area (Å²) in [5, 5.41) is 6.38. The normalized spacial score (nSPS) is 21.6. The van der Waals surface area contributed by atoms with Crippen LogP contribution in [0.4, 0.5) is 10.5 Å². The van der Waals surface area contributed by atoms with Gasteiger partial charge in [0.05, 0.1) is 0 Å². The Morgan fingerprint density at radius 3 is 2.45 bits per heavy atom. The molecule has 1 amide bonds. The molecule has 0 radical (unpaired) electrons. The van der Waals surface area contributed by atoms with Crippen molar-refractivity contribution in [1.82, 2.24) is 5.32 Å². The summed E-state index contributed by atoms with van der Waals surface area (Å²) < 4.78 is 5.24. The first-order chi connectivity index (χ1) is 10.3. The summed E-state index contributed by atoms with van der Waals surface area (Å²) in [5.74, 6) is 0.771. The molecule has 2 N–H and O–H groups in total. The Morgan fingerprint density at radius 1 is 1.23 bits per heavy atom. The number of hydrogen-bond donors (Lipinski definition) is 2. The Kier molecular flexibility index (Phi) is 5.46. The lowest BCUT2D eigenvalue weighted by Crippen LogP contribution is -2.30. The third-order valence-corrected chi connectivity index (χ3v) is 4.03. The van der Waals surface area contributed by atoms with Gasteiger partial charge in [0.1, 0.15) is 5.60 Å². The van der Waals surface area contributed by atoms with E-state index < -0.39 is 11.7 Å². The Morgan fingerprint density at radius 2 is 1.91 bits per heavy atom. The number of benzene rings is 1. The van der Waals surface area contributed by atoms with Crippen LogP contribution in [0.5, 0.6) is 0 Å². The molecule has 4 heteroatoms. The molecule has 1 aliphatic carbocycles. The molecule has 1 aromatic rings. The Labute approximate surface area is 133 Å². The summed E-state index contributed by atoms with van der Waals surface area (Å²) in [6, 6.07) is 8.55. The first-order valence-corrected chi connectivity index (χ1v) is 8.16. The number of amides is 1. The second-order valence-corrected chi connectivity index (χ2v) is 7.22. The van der Waals surface area contributed by atoms with E-state index in [-0.39, 0.29) is 0 Å². The molecule has 0 aromatic heterocycles. The highest BCUT2D eigenvalue weighted by Gasteiger charge is 2.22. The van der Waals surface area contributed by atoms with E-state index in [9.17, 15) is 4.79 Å². The lowest BCUT2D eigenvalue weighted by atomic mass is 10.1. The van der Waals surface area contributed by atoms with Gasteiger partial charge >= 0.3 is 6.09 Å². The Bertz CT molecular complexity index is 491. The van der Waals surface area contributed by atoms with E-state index in [1.807, 2.05) is 45.0 Å². The fourth-order valence-electron chi connectivity index (χ4n) is 2.83. The van der Waals surface area contributed by atoms with Crippen LogP contribution in [0, 0.1) is 5.92 Å². The summed E-state index contributed by atoms with van der Waals surface area (Å²) in [7, 11) is 0. The molecular formula is C18H28N2O2. The van der Waals surface area contributed by atoms with Crippen LogP contribution in [-0.2, 0) is 11.3 Å². The molecule has 1 aliphatic rings. The lowest BCUT2D eigenvalue weighted by molar-refractivity contribution is 0.0636. The summed E-state index contributed by atoms with van der Waals surface area (Å²) >= 11 is 0. The van der Waals surface area contributed by atoms with E-state index in [4.69, 9.17) is 4.74 Å². The molecule has 22 heavy (non-hydrogen) atoms. The van der Waals surface area contributed by atoms with E-state index in [0.717, 1.165) is 18.2 Å². The van der Waals surface area contributed by atoms with Gasteiger partial charge in [0.15, 0.2) is 0 Å². The molecular weight excluding hydrogens is 276 g/mol. The largest absolute Gasteiger partial charge is 0.444 e. The Hall–Kier alpha value is -1.55. The van der Waals surface area contributed by atoms with Gasteiger partial charge in [-0.3, -0.25) is 5.32 Å². The van der Waals surface area contributed by atoms with Gasteiger partial charge in [-0.05, 0) is 57.2 Å². The van der Waals surface area contributed by atoms with Gasteiger partial charge in [0.2, 0.25) is 0 Å². The first-order valence-electron chi connectivity index (χ1n) is 8.16.